The predicted molar refractivity (Wildman–Crippen MR) is 76.7 cm³/mol. The van der Waals surface area contributed by atoms with E-state index in [1.807, 2.05) is 39.0 Å². The molecule has 1 rings (SSSR count). The molecule has 0 aliphatic heterocycles. The Morgan fingerprint density at radius 2 is 2.00 bits per heavy atom. The van der Waals surface area contributed by atoms with Crippen LogP contribution in [0.15, 0.2) is 18.2 Å². The number of carbonyl (C=O) groups excluding carboxylic acids is 1. The molecule has 1 aromatic carbocycles. The van der Waals surface area contributed by atoms with Crippen LogP contribution in [0.5, 0.6) is 5.75 Å². The third-order valence-electron chi connectivity index (χ3n) is 3.03. The highest BCUT2D eigenvalue weighted by Crippen LogP contribution is 2.20. The molecule has 3 nitrogen and oxygen atoms in total. The lowest BCUT2D eigenvalue weighted by atomic mass is 10.00. The van der Waals surface area contributed by atoms with E-state index in [4.69, 9.17) is 9.47 Å². The van der Waals surface area contributed by atoms with Gasteiger partial charge in [0.05, 0.1) is 6.61 Å². The van der Waals surface area contributed by atoms with Crippen LogP contribution in [0.3, 0.4) is 0 Å². The molecule has 0 saturated carbocycles. The van der Waals surface area contributed by atoms with E-state index in [9.17, 15) is 4.79 Å². The van der Waals surface area contributed by atoms with E-state index in [1.165, 1.54) is 0 Å². The zero-order valence-electron chi connectivity index (χ0n) is 12.4. The van der Waals surface area contributed by atoms with Crippen molar-refractivity contribution in [2.24, 2.45) is 5.92 Å². The summed E-state index contributed by atoms with van der Waals surface area (Å²) in [6.45, 7) is 7.21. The number of carbonyl (C=O) groups is 1. The van der Waals surface area contributed by atoms with Crippen molar-refractivity contribution in [1.82, 2.24) is 0 Å². The SMILES string of the molecule is COCCCOc1cc(CC(=O)C(C)C)ccc1C. The second-order valence-corrected chi connectivity index (χ2v) is 5.09. The van der Waals surface area contributed by atoms with Crippen molar-refractivity contribution >= 4 is 5.78 Å². The van der Waals surface area contributed by atoms with E-state index < -0.39 is 0 Å². The van der Waals surface area contributed by atoms with Gasteiger partial charge in [0, 0.05) is 32.5 Å². The van der Waals surface area contributed by atoms with Gasteiger partial charge in [0.25, 0.3) is 0 Å². The molecule has 0 aromatic heterocycles. The first-order valence-corrected chi connectivity index (χ1v) is 6.78. The van der Waals surface area contributed by atoms with Crippen molar-refractivity contribution in [1.29, 1.82) is 0 Å². The molecule has 0 N–H and O–H groups in total. The number of rotatable bonds is 8. The lowest BCUT2D eigenvalue weighted by Crippen LogP contribution is -2.10. The fourth-order valence-corrected chi connectivity index (χ4v) is 1.70. The smallest absolute Gasteiger partial charge is 0.139 e. The van der Waals surface area contributed by atoms with Crippen molar-refractivity contribution in [2.45, 2.75) is 33.6 Å². The first-order valence-electron chi connectivity index (χ1n) is 6.78. The Labute approximate surface area is 115 Å². The number of Topliss-reactive ketones (excluding diaryl/α,β-unsaturated/α-hetero) is 1. The summed E-state index contributed by atoms with van der Waals surface area (Å²) in [5.74, 6) is 1.20. The standard InChI is InChI=1S/C16H24O3/c1-12(2)15(17)10-14-7-6-13(3)16(11-14)19-9-5-8-18-4/h6-7,11-12H,5,8-10H2,1-4H3. The van der Waals surface area contributed by atoms with Crippen molar-refractivity contribution in [3.8, 4) is 5.75 Å². The Morgan fingerprint density at radius 3 is 2.63 bits per heavy atom. The molecular formula is C16H24O3. The molecule has 0 heterocycles. The molecule has 0 radical (unpaired) electrons. The van der Waals surface area contributed by atoms with Crippen LogP contribution in [0.1, 0.15) is 31.4 Å². The number of hydrogen-bond acceptors (Lipinski definition) is 3. The van der Waals surface area contributed by atoms with Crippen molar-refractivity contribution in [2.75, 3.05) is 20.3 Å². The lowest BCUT2D eigenvalue weighted by molar-refractivity contribution is -0.121. The lowest BCUT2D eigenvalue weighted by Gasteiger charge is -2.11. The first kappa shape index (κ1) is 15.7. The Hall–Kier alpha value is -1.35. The molecule has 1 aromatic rings. The molecule has 0 unspecified atom stereocenters. The van der Waals surface area contributed by atoms with Gasteiger partial charge in [-0.15, -0.1) is 0 Å². The molecule has 0 amide bonds. The summed E-state index contributed by atoms with van der Waals surface area (Å²) < 4.78 is 10.7. The largest absolute Gasteiger partial charge is 0.493 e. The monoisotopic (exact) mass is 264 g/mol. The van der Waals surface area contributed by atoms with Crippen LogP contribution in [0.2, 0.25) is 0 Å². The maximum atomic E-state index is 11.8. The highest BCUT2D eigenvalue weighted by atomic mass is 16.5. The zero-order valence-corrected chi connectivity index (χ0v) is 12.4. The summed E-state index contributed by atoms with van der Waals surface area (Å²) in [5, 5.41) is 0. The highest BCUT2D eigenvalue weighted by Gasteiger charge is 2.09. The average Bonchev–Trinajstić information content (AvgIpc) is 2.38. The van der Waals surface area contributed by atoms with Crippen LogP contribution in [-0.4, -0.2) is 26.1 Å². The van der Waals surface area contributed by atoms with E-state index in [1.54, 1.807) is 7.11 Å². The van der Waals surface area contributed by atoms with Crippen molar-refractivity contribution in [3.63, 3.8) is 0 Å². The maximum absolute atomic E-state index is 11.8. The molecule has 0 atom stereocenters. The third kappa shape index (κ3) is 5.43. The van der Waals surface area contributed by atoms with Crippen LogP contribution < -0.4 is 4.74 Å². The molecular weight excluding hydrogens is 240 g/mol. The average molecular weight is 264 g/mol. The Kier molecular flexibility index (Phi) is 6.57. The summed E-state index contributed by atoms with van der Waals surface area (Å²) in [6.07, 6.45) is 1.34. The van der Waals surface area contributed by atoms with E-state index >= 15 is 0 Å². The molecule has 0 fully saturated rings. The van der Waals surface area contributed by atoms with Crippen LogP contribution in [0.25, 0.3) is 0 Å². The number of benzene rings is 1. The van der Waals surface area contributed by atoms with Gasteiger partial charge < -0.3 is 9.47 Å². The van der Waals surface area contributed by atoms with E-state index in [0.717, 1.165) is 23.3 Å². The van der Waals surface area contributed by atoms with Crippen LogP contribution >= 0.6 is 0 Å². The minimum absolute atomic E-state index is 0.0763. The van der Waals surface area contributed by atoms with Gasteiger partial charge in [-0.2, -0.15) is 0 Å². The van der Waals surface area contributed by atoms with E-state index in [-0.39, 0.29) is 11.7 Å². The number of aryl methyl sites for hydroxylation is 1. The van der Waals surface area contributed by atoms with Gasteiger partial charge in [-0.1, -0.05) is 26.0 Å². The summed E-state index contributed by atoms with van der Waals surface area (Å²) >= 11 is 0. The van der Waals surface area contributed by atoms with Gasteiger partial charge in [-0.05, 0) is 24.1 Å². The van der Waals surface area contributed by atoms with E-state index in [2.05, 4.69) is 0 Å². The molecule has 19 heavy (non-hydrogen) atoms. The summed E-state index contributed by atoms with van der Waals surface area (Å²) in [6, 6.07) is 5.98. The van der Waals surface area contributed by atoms with Crippen LogP contribution in [0.4, 0.5) is 0 Å². The second-order valence-electron chi connectivity index (χ2n) is 5.09. The minimum atomic E-state index is 0.0763. The predicted octanol–water partition coefficient (Wildman–Crippen LogP) is 3.18. The topological polar surface area (TPSA) is 35.5 Å². The molecule has 3 heteroatoms. The number of methoxy groups -OCH3 is 1. The maximum Gasteiger partial charge on any atom is 0.139 e. The fraction of sp³-hybridized carbons (Fsp3) is 0.562. The van der Waals surface area contributed by atoms with Crippen LogP contribution in [-0.2, 0) is 16.0 Å². The first-order chi connectivity index (χ1) is 9.04. The van der Waals surface area contributed by atoms with Gasteiger partial charge >= 0.3 is 0 Å². The van der Waals surface area contributed by atoms with Gasteiger partial charge in [0.15, 0.2) is 0 Å². The number of ketones is 1. The van der Waals surface area contributed by atoms with Crippen molar-refractivity contribution < 1.29 is 14.3 Å². The molecule has 0 saturated heterocycles. The fourth-order valence-electron chi connectivity index (χ4n) is 1.70. The summed E-state index contributed by atoms with van der Waals surface area (Å²) in [5.41, 5.74) is 2.12. The quantitative estimate of drug-likeness (QED) is 0.676. The molecule has 0 aliphatic carbocycles. The second kappa shape index (κ2) is 7.95. The minimum Gasteiger partial charge on any atom is -0.493 e. The van der Waals surface area contributed by atoms with Gasteiger partial charge in [-0.3, -0.25) is 4.79 Å². The Bertz CT molecular complexity index is 410. The highest BCUT2D eigenvalue weighted by molar-refractivity contribution is 5.82. The van der Waals surface area contributed by atoms with Crippen LogP contribution in [0, 0.1) is 12.8 Å². The molecule has 0 bridgehead atoms. The summed E-state index contributed by atoms with van der Waals surface area (Å²) in [4.78, 5) is 11.8. The summed E-state index contributed by atoms with van der Waals surface area (Å²) in [7, 11) is 1.68. The Balaban J connectivity index is 2.63. The number of hydrogen-bond donors (Lipinski definition) is 0. The normalized spacial score (nSPS) is 10.8. The molecule has 0 aliphatic rings. The number of ether oxygens (including phenoxy) is 2. The van der Waals surface area contributed by atoms with Gasteiger partial charge in [-0.25, -0.2) is 0 Å². The molecule has 0 spiro atoms. The molecule has 106 valence electrons. The Morgan fingerprint density at radius 1 is 1.26 bits per heavy atom. The van der Waals surface area contributed by atoms with E-state index in [0.29, 0.717) is 19.6 Å². The zero-order chi connectivity index (χ0) is 14.3. The third-order valence-corrected chi connectivity index (χ3v) is 3.03. The van der Waals surface area contributed by atoms with Gasteiger partial charge in [0.1, 0.15) is 11.5 Å². The van der Waals surface area contributed by atoms with Gasteiger partial charge in [0.2, 0.25) is 0 Å². The van der Waals surface area contributed by atoms with Crippen molar-refractivity contribution in [3.05, 3.63) is 29.3 Å².